The number of benzene rings is 4. The van der Waals surface area contributed by atoms with Gasteiger partial charge in [0.15, 0.2) is 5.60 Å². The molecule has 0 heterocycles. The highest BCUT2D eigenvalue weighted by molar-refractivity contribution is 14.1. The van der Waals surface area contributed by atoms with E-state index in [-0.39, 0.29) is 0 Å². The molecule has 0 spiro atoms. The molecule has 0 aromatic heterocycles. The molecule has 1 amide bonds. The second-order valence-electron chi connectivity index (χ2n) is 7.87. The van der Waals surface area contributed by atoms with Gasteiger partial charge in [0.25, 0.3) is 5.91 Å². The fourth-order valence-corrected chi connectivity index (χ4v) is 4.55. The number of hydrogen-bond acceptors (Lipinski definition) is 4. The lowest BCUT2D eigenvalue weighted by Crippen LogP contribution is -2.43. The van der Waals surface area contributed by atoms with Crippen LogP contribution in [-0.4, -0.2) is 17.2 Å². The van der Waals surface area contributed by atoms with Gasteiger partial charge in [0.2, 0.25) is 0 Å². The highest BCUT2D eigenvalue weighted by atomic mass is 127. The topological polar surface area (TPSA) is 70.9 Å². The van der Waals surface area contributed by atoms with Gasteiger partial charge in [0, 0.05) is 0 Å². The van der Waals surface area contributed by atoms with E-state index in [2.05, 4.69) is 33.1 Å². The van der Waals surface area contributed by atoms with Crippen LogP contribution in [-0.2, 0) is 17.0 Å². The highest BCUT2D eigenvalue weighted by Crippen LogP contribution is 2.30. The molecule has 0 unspecified atom stereocenters. The van der Waals surface area contributed by atoms with Gasteiger partial charge in [-0.05, 0) is 75.2 Å². The number of carbonyl (C=O) groups is 1. The summed E-state index contributed by atoms with van der Waals surface area (Å²) in [5, 5.41) is 16.5. The molecule has 36 heavy (non-hydrogen) atoms. The highest BCUT2D eigenvalue weighted by Gasteiger charge is 2.39. The molecule has 8 heteroatoms. The maximum absolute atomic E-state index is 13.1. The van der Waals surface area contributed by atoms with Crippen molar-refractivity contribution < 1.29 is 14.6 Å². The Morgan fingerprint density at radius 2 is 1.56 bits per heavy atom. The fraction of sp³-hybridized carbons (Fsp3) is 0.0714. The van der Waals surface area contributed by atoms with Crippen LogP contribution in [0, 0.1) is 3.57 Å². The quantitative estimate of drug-likeness (QED) is 0.132. The zero-order valence-corrected chi connectivity index (χ0v) is 22.5. The Bertz CT molecular complexity index is 1340. The predicted molar refractivity (Wildman–Crippen MR) is 152 cm³/mol. The minimum atomic E-state index is -1.89. The molecular weight excluding hydrogens is 610 g/mol. The number of aliphatic hydroxyl groups is 1. The van der Waals surface area contributed by atoms with Crippen LogP contribution in [0.1, 0.15) is 22.3 Å². The summed E-state index contributed by atoms with van der Waals surface area (Å²) >= 11 is 14.2. The van der Waals surface area contributed by atoms with Crippen molar-refractivity contribution >= 4 is 57.9 Å². The third-order valence-corrected chi connectivity index (χ3v) is 7.01. The summed E-state index contributed by atoms with van der Waals surface area (Å²) in [6, 6.07) is 28.4. The molecule has 0 aliphatic rings. The van der Waals surface area contributed by atoms with Crippen molar-refractivity contribution in [3.8, 4) is 5.75 Å². The van der Waals surface area contributed by atoms with Crippen molar-refractivity contribution in [1.82, 2.24) is 5.43 Å². The van der Waals surface area contributed by atoms with Crippen LogP contribution >= 0.6 is 45.8 Å². The molecule has 5 nitrogen and oxygen atoms in total. The van der Waals surface area contributed by atoms with E-state index in [4.69, 9.17) is 27.9 Å². The Morgan fingerprint density at radius 1 is 0.917 bits per heavy atom. The van der Waals surface area contributed by atoms with Crippen LogP contribution < -0.4 is 10.2 Å². The van der Waals surface area contributed by atoms with E-state index in [1.54, 1.807) is 60.7 Å². The Labute approximate surface area is 232 Å². The standard InChI is InChI=1S/C28H21Cl2IN2O3/c29-23-13-11-20(15-24(23)30)18-36-26-14-12-19(16-25(26)31)17-32-33-27(34)28(35,21-7-3-1-4-8-21)22-9-5-2-6-10-22/h1-17,35H,18H2,(H,33,34). The molecular formula is C28H21Cl2IN2O3. The van der Waals surface area contributed by atoms with Crippen molar-refractivity contribution in [2.45, 2.75) is 12.2 Å². The number of hydrogen-bond donors (Lipinski definition) is 2. The SMILES string of the molecule is O=C(NN=Cc1ccc(OCc2ccc(Cl)c(Cl)c2)c(I)c1)C(O)(c1ccccc1)c1ccccc1. The van der Waals surface area contributed by atoms with Gasteiger partial charge in [-0.2, -0.15) is 5.10 Å². The first-order valence-corrected chi connectivity index (χ1v) is 12.7. The van der Waals surface area contributed by atoms with Crippen molar-refractivity contribution in [2.75, 3.05) is 0 Å². The molecule has 0 saturated heterocycles. The van der Waals surface area contributed by atoms with E-state index in [1.807, 2.05) is 36.4 Å². The lowest BCUT2D eigenvalue weighted by molar-refractivity contribution is -0.136. The van der Waals surface area contributed by atoms with E-state index >= 15 is 0 Å². The minimum Gasteiger partial charge on any atom is -0.488 e. The second-order valence-corrected chi connectivity index (χ2v) is 9.85. The van der Waals surface area contributed by atoms with Gasteiger partial charge in [-0.15, -0.1) is 0 Å². The summed E-state index contributed by atoms with van der Waals surface area (Å²) in [6.45, 7) is 0.341. The first-order chi connectivity index (χ1) is 17.4. The number of amides is 1. The van der Waals surface area contributed by atoms with Crippen LogP contribution in [0.5, 0.6) is 5.75 Å². The summed E-state index contributed by atoms with van der Waals surface area (Å²) in [4.78, 5) is 13.1. The lowest BCUT2D eigenvalue weighted by Gasteiger charge is -2.27. The van der Waals surface area contributed by atoms with Crippen molar-refractivity contribution in [2.24, 2.45) is 5.10 Å². The van der Waals surface area contributed by atoms with Crippen LogP contribution in [0.2, 0.25) is 10.0 Å². The minimum absolute atomic E-state index is 0.341. The molecule has 0 atom stereocenters. The van der Waals surface area contributed by atoms with Gasteiger partial charge < -0.3 is 9.84 Å². The predicted octanol–water partition coefficient (Wildman–Crippen LogP) is 6.56. The van der Waals surface area contributed by atoms with Crippen LogP contribution in [0.15, 0.2) is 102 Å². The number of rotatable bonds is 8. The second kappa shape index (κ2) is 11.9. The van der Waals surface area contributed by atoms with Crippen LogP contribution in [0.4, 0.5) is 0 Å². The zero-order valence-electron chi connectivity index (χ0n) is 18.9. The molecule has 0 bridgehead atoms. The zero-order chi connectivity index (χ0) is 25.5. The normalized spacial score (nSPS) is 11.4. The smallest absolute Gasteiger partial charge is 0.281 e. The van der Waals surface area contributed by atoms with Gasteiger partial charge in [0.1, 0.15) is 12.4 Å². The molecule has 0 fully saturated rings. The largest absolute Gasteiger partial charge is 0.488 e. The number of ether oxygens (including phenoxy) is 1. The third-order valence-electron chi connectivity index (χ3n) is 5.43. The molecule has 182 valence electrons. The van der Waals surface area contributed by atoms with Gasteiger partial charge in [-0.3, -0.25) is 4.79 Å². The number of carbonyl (C=O) groups excluding carboxylic acids is 1. The number of nitrogens with one attached hydrogen (secondary N) is 1. The molecule has 4 rings (SSSR count). The van der Waals surface area contributed by atoms with Gasteiger partial charge in [0.05, 0.1) is 19.8 Å². The molecule has 0 aliphatic carbocycles. The summed E-state index contributed by atoms with van der Waals surface area (Å²) in [5.41, 5.74) is 3.14. The van der Waals surface area contributed by atoms with Crippen molar-refractivity contribution in [3.63, 3.8) is 0 Å². The molecule has 0 radical (unpaired) electrons. The summed E-state index contributed by atoms with van der Waals surface area (Å²) in [6.07, 6.45) is 1.51. The maximum Gasteiger partial charge on any atom is 0.281 e. The summed E-state index contributed by atoms with van der Waals surface area (Å²) in [5.74, 6) is 0.0396. The number of hydrazone groups is 1. The Kier molecular flexibility index (Phi) is 8.64. The molecule has 2 N–H and O–H groups in total. The number of nitrogens with zero attached hydrogens (tertiary/aromatic N) is 1. The fourth-order valence-electron chi connectivity index (χ4n) is 3.54. The molecule has 4 aromatic rings. The van der Waals surface area contributed by atoms with Crippen LogP contribution in [0.25, 0.3) is 0 Å². The van der Waals surface area contributed by atoms with Gasteiger partial charge in [-0.25, -0.2) is 5.43 Å². The average molecular weight is 631 g/mol. The average Bonchev–Trinajstić information content (AvgIpc) is 2.90. The Balaban J connectivity index is 1.45. The van der Waals surface area contributed by atoms with Crippen LogP contribution in [0.3, 0.4) is 0 Å². The number of halogens is 3. The van der Waals surface area contributed by atoms with E-state index in [0.29, 0.717) is 33.5 Å². The van der Waals surface area contributed by atoms with Gasteiger partial charge in [-0.1, -0.05) is 89.9 Å². The van der Waals surface area contributed by atoms with Crippen molar-refractivity contribution in [1.29, 1.82) is 0 Å². The molecule has 0 saturated carbocycles. The molecule has 0 aliphatic heterocycles. The first kappa shape index (κ1) is 26.2. The Hall–Kier alpha value is -2.91. The van der Waals surface area contributed by atoms with E-state index in [1.165, 1.54) is 6.21 Å². The first-order valence-electron chi connectivity index (χ1n) is 10.9. The molecule has 4 aromatic carbocycles. The monoisotopic (exact) mass is 630 g/mol. The van der Waals surface area contributed by atoms with Crippen molar-refractivity contribution in [3.05, 3.63) is 133 Å². The van der Waals surface area contributed by atoms with Gasteiger partial charge >= 0.3 is 0 Å². The maximum atomic E-state index is 13.1. The van der Waals surface area contributed by atoms with E-state index in [9.17, 15) is 9.90 Å². The van der Waals surface area contributed by atoms with E-state index < -0.39 is 11.5 Å². The lowest BCUT2D eigenvalue weighted by atomic mass is 9.85. The summed E-state index contributed by atoms with van der Waals surface area (Å²) < 4.78 is 6.77. The summed E-state index contributed by atoms with van der Waals surface area (Å²) in [7, 11) is 0. The van der Waals surface area contributed by atoms with E-state index in [0.717, 1.165) is 14.7 Å². The Morgan fingerprint density at radius 3 is 2.14 bits per heavy atom. The third kappa shape index (κ3) is 6.07.